The maximum Gasteiger partial charge on any atom is 0.246 e. The van der Waals surface area contributed by atoms with E-state index in [1.165, 1.54) is 4.90 Å². The van der Waals surface area contributed by atoms with Gasteiger partial charge in [-0.15, -0.1) is 21.5 Å². The zero-order valence-electron chi connectivity index (χ0n) is 35.7. The number of rotatable bonds is 10. The molecule has 3 saturated heterocycles. The lowest BCUT2D eigenvalue weighted by Gasteiger charge is -2.49. The van der Waals surface area contributed by atoms with Crippen molar-refractivity contribution >= 4 is 40.6 Å². The molecular formula is C45H58N10O5S. The summed E-state index contributed by atoms with van der Waals surface area (Å²) in [5.74, 6) is 0.0110. The molecule has 5 N–H and O–H groups in total. The molecule has 2 aromatic heterocycles. The number of benzene rings is 2. The standard InChI is InChI=1S/C45H58N10O5S/c1-27(29-10-12-30(13-11-29)40-28(2)47-26-61-40)48-43(59)37-20-33(56)24-55(37)44(60)41(45(3,4)5)49-39(58)25-52-16-14-31(15-17-52)53-18-19-54-32(23-53)22-46-42-36(54)21-35(50-51-42)34-8-6-7-9-38(34)57/h6-13,21,26-27,31-33,37,41,56-57H,14-20,22-25H2,1-5H3,(H,46,51)(H,48,59)(H,49,58)/t27-,32-,33+,37-,41+/m0/s1. The summed E-state index contributed by atoms with van der Waals surface area (Å²) in [6, 6.07) is 15.8. The predicted octanol–water partition coefficient (Wildman–Crippen LogP) is 4.03. The van der Waals surface area contributed by atoms with Gasteiger partial charge >= 0.3 is 0 Å². The Morgan fingerprint density at radius 3 is 2.43 bits per heavy atom. The van der Waals surface area contributed by atoms with Crippen LogP contribution < -0.4 is 20.9 Å². The number of nitrogens with one attached hydrogen (secondary N) is 3. The van der Waals surface area contributed by atoms with E-state index in [2.05, 4.69) is 45.8 Å². The molecule has 0 radical (unpaired) electrons. The van der Waals surface area contributed by atoms with Gasteiger partial charge in [0.15, 0.2) is 5.82 Å². The number of carbonyl (C=O) groups excluding carboxylic acids is 3. The zero-order chi connectivity index (χ0) is 43.0. The Kier molecular flexibility index (Phi) is 12.3. The number of aliphatic hydroxyl groups is 1. The lowest BCUT2D eigenvalue weighted by atomic mass is 9.85. The highest BCUT2D eigenvalue weighted by molar-refractivity contribution is 7.13. The number of hydrogen-bond donors (Lipinski definition) is 5. The van der Waals surface area contributed by atoms with Crippen molar-refractivity contribution in [3.63, 3.8) is 0 Å². The maximum absolute atomic E-state index is 14.3. The number of likely N-dealkylation sites (tertiary alicyclic amines) is 2. The number of phenols is 1. The van der Waals surface area contributed by atoms with Gasteiger partial charge in [0.25, 0.3) is 0 Å². The van der Waals surface area contributed by atoms with Crippen molar-refractivity contribution in [2.24, 2.45) is 5.41 Å². The third kappa shape index (κ3) is 9.22. The van der Waals surface area contributed by atoms with Crippen molar-refractivity contribution < 1.29 is 24.6 Å². The van der Waals surface area contributed by atoms with Crippen molar-refractivity contribution in [1.29, 1.82) is 0 Å². The fourth-order valence-corrected chi connectivity index (χ4v) is 10.1. The largest absolute Gasteiger partial charge is 0.507 e. The summed E-state index contributed by atoms with van der Waals surface area (Å²) < 4.78 is 0. The van der Waals surface area contributed by atoms with E-state index in [0.29, 0.717) is 17.3 Å². The van der Waals surface area contributed by atoms with Gasteiger partial charge in [-0.05, 0) is 61.4 Å². The van der Waals surface area contributed by atoms with Gasteiger partial charge in [-0.25, -0.2) is 4.98 Å². The molecule has 8 rings (SSSR count). The van der Waals surface area contributed by atoms with Crippen LogP contribution in [0.15, 0.2) is 60.1 Å². The number of aryl methyl sites for hydroxylation is 1. The molecule has 0 aliphatic carbocycles. The van der Waals surface area contributed by atoms with Crippen LogP contribution in [0.5, 0.6) is 5.75 Å². The van der Waals surface area contributed by atoms with E-state index < -0.39 is 23.6 Å². The molecular weight excluding hydrogens is 793 g/mol. The van der Waals surface area contributed by atoms with Crippen LogP contribution in [0.2, 0.25) is 0 Å². The number of nitrogens with zero attached hydrogens (tertiary/aromatic N) is 7. The molecule has 6 heterocycles. The molecule has 2 aromatic carbocycles. The highest BCUT2D eigenvalue weighted by Crippen LogP contribution is 2.37. The van der Waals surface area contributed by atoms with Crippen LogP contribution in [-0.4, -0.2) is 140 Å². The quantitative estimate of drug-likeness (QED) is 0.155. The van der Waals surface area contributed by atoms with Crippen LogP contribution in [0.25, 0.3) is 21.7 Å². The number of aromatic hydroxyl groups is 1. The second-order valence-electron chi connectivity index (χ2n) is 18.1. The second kappa shape index (κ2) is 17.7. The zero-order valence-corrected chi connectivity index (χ0v) is 36.5. The van der Waals surface area contributed by atoms with Gasteiger partial charge < -0.3 is 36.0 Å². The Morgan fingerprint density at radius 1 is 0.967 bits per heavy atom. The number of hydrogen-bond acceptors (Lipinski definition) is 13. The van der Waals surface area contributed by atoms with Gasteiger partial charge in [0.05, 0.1) is 52.2 Å². The fraction of sp³-hybridized carbons (Fsp3) is 0.511. The number of piperidine rings is 1. The van der Waals surface area contributed by atoms with Crippen molar-refractivity contribution in [2.45, 2.75) is 90.2 Å². The van der Waals surface area contributed by atoms with E-state index in [4.69, 9.17) is 0 Å². The van der Waals surface area contributed by atoms with Crippen molar-refractivity contribution in [2.75, 3.05) is 62.6 Å². The van der Waals surface area contributed by atoms with Crippen molar-refractivity contribution in [3.05, 3.63) is 71.4 Å². The minimum Gasteiger partial charge on any atom is -0.507 e. The van der Waals surface area contributed by atoms with Crippen LogP contribution in [0.1, 0.15) is 64.3 Å². The minimum atomic E-state index is -0.885. The normalized spacial score (nSPS) is 22.2. The summed E-state index contributed by atoms with van der Waals surface area (Å²) in [5, 5.41) is 39.6. The first-order valence-electron chi connectivity index (χ1n) is 21.4. The molecule has 3 fully saturated rings. The molecule has 3 amide bonds. The number of carbonyl (C=O) groups is 3. The average Bonchev–Trinajstić information content (AvgIpc) is 3.87. The van der Waals surface area contributed by atoms with Gasteiger partial charge in [0, 0.05) is 63.8 Å². The van der Waals surface area contributed by atoms with Crippen LogP contribution >= 0.6 is 11.3 Å². The minimum absolute atomic E-state index is 0.0230. The van der Waals surface area contributed by atoms with Gasteiger partial charge in [-0.3, -0.25) is 24.2 Å². The van der Waals surface area contributed by atoms with Crippen LogP contribution in [0.4, 0.5) is 11.5 Å². The summed E-state index contributed by atoms with van der Waals surface area (Å²) in [6.45, 7) is 14.8. The number of piperazine rings is 1. The van der Waals surface area contributed by atoms with E-state index >= 15 is 0 Å². The molecule has 61 heavy (non-hydrogen) atoms. The van der Waals surface area contributed by atoms with Gasteiger partial charge in [-0.2, -0.15) is 0 Å². The first-order chi connectivity index (χ1) is 29.2. The predicted molar refractivity (Wildman–Crippen MR) is 236 cm³/mol. The average molecular weight is 851 g/mol. The number of β-amino-alcohol motifs (C(OH)–C–C–N with tert-alkyl or cyclic N) is 1. The lowest BCUT2D eigenvalue weighted by Crippen LogP contribution is -2.61. The number of phenolic OH excluding ortho intramolecular Hbond substituents is 1. The number of para-hydroxylation sites is 1. The fourth-order valence-electron chi connectivity index (χ4n) is 9.33. The summed E-state index contributed by atoms with van der Waals surface area (Å²) in [5.41, 5.74) is 6.45. The molecule has 4 aliphatic heterocycles. The third-order valence-electron chi connectivity index (χ3n) is 12.8. The Morgan fingerprint density at radius 2 is 1.72 bits per heavy atom. The maximum atomic E-state index is 14.3. The second-order valence-corrected chi connectivity index (χ2v) is 18.9. The van der Waals surface area contributed by atoms with E-state index in [1.54, 1.807) is 23.5 Å². The molecule has 15 nitrogen and oxygen atoms in total. The molecule has 16 heteroatoms. The van der Waals surface area contributed by atoms with Crippen molar-refractivity contribution in [3.8, 4) is 27.4 Å². The van der Waals surface area contributed by atoms with E-state index in [1.807, 2.05) is 82.6 Å². The Labute approximate surface area is 361 Å². The number of aliphatic hydroxyl groups excluding tert-OH is 1. The Bertz CT molecular complexity index is 2220. The highest BCUT2D eigenvalue weighted by atomic mass is 32.1. The number of anilines is 2. The van der Waals surface area contributed by atoms with E-state index in [-0.39, 0.29) is 55.1 Å². The number of fused-ring (bicyclic) bond motifs is 3. The van der Waals surface area contributed by atoms with Crippen molar-refractivity contribution in [1.82, 2.24) is 40.5 Å². The smallest absolute Gasteiger partial charge is 0.246 e. The lowest BCUT2D eigenvalue weighted by molar-refractivity contribution is -0.144. The Balaban J connectivity index is 0.833. The molecule has 0 spiro atoms. The monoisotopic (exact) mass is 850 g/mol. The Hall–Kier alpha value is -5.16. The summed E-state index contributed by atoms with van der Waals surface area (Å²) in [4.78, 5) is 55.7. The number of thiazole rings is 1. The molecule has 0 unspecified atom stereocenters. The number of aromatic nitrogens is 3. The molecule has 4 aliphatic rings. The first-order valence-corrected chi connectivity index (χ1v) is 22.3. The van der Waals surface area contributed by atoms with Crippen LogP contribution in [0.3, 0.4) is 0 Å². The van der Waals surface area contributed by atoms with Crippen LogP contribution in [-0.2, 0) is 14.4 Å². The SMILES string of the molecule is Cc1ncsc1-c1ccc([C@H](C)NC(=O)[C@@H]2C[C@@H](O)CN2C(=O)[C@@H](NC(=O)CN2CCC(N3CCN4c5cc(-c6ccccc6O)nnc5NC[C@H]4C3)CC2)C(C)(C)C)cc1. The summed E-state index contributed by atoms with van der Waals surface area (Å²) in [6.07, 6.45) is 1.15. The molecule has 0 saturated carbocycles. The van der Waals surface area contributed by atoms with Gasteiger partial charge in [0.1, 0.15) is 17.8 Å². The topological polar surface area (TPSA) is 179 Å². The van der Waals surface area contributed by atoms with Gasteiger partial charge in [-0.1, -0.05) is 57.2 Å². The molecule has 0 bridgehead atoms. The molecule has 5 atom stereocenters. The molecule has 4 aromatic rings. The third-order valence-corrected chi connectivity index (χ3v) is 13.8. The summed E-state index contributed by atoms with van der Waals surface area (Å²) in [7, 11) is 0. The highest BCUT2D eigenvalue weighted by Gasteiger charge is 2.45. The summed E-state index contributed by atoms with van der Waals surface area (Å²) >= 11 is 1.59. The van der Waals surface area contributed by atoms with E-state index in [0.717, 1.165) is 85.3 Å². The number of amides is 3. The van der Waals surface area contributed by atoms with E-state index in [9.17, 15) is 24.6 Å². The molecule has 324 valence electrons. The van der Waals surface area contributed by atoms with Crippen LogP contribution in [0, 0.1) is 12.3 Å². The van der Waals surface area contributed by atoms with Gasteiger partial charge in [0.2, 0.25) is 17.7 Å². The first kappa shape index (κ1) is 42.5.